The Bertz CT molecular complexity index is 669. The third kappa shape index (κ3) is 2.42. The van der Waals surface area contributed by atoms with E-state index in [1.54, 1.807) is 12.1 Å². The zero-order valence-corrected chi connectivity index (χ0v) is 12.5. The molecule has 5 nitrogen and oxygen atoms in total. The van der Waals surface area contributed by atoms with Gasteiger partial charge in [-0.15, -0.1) is 0 Å². The van der Waals surface area contributed by atoms with E-state index in [4.69, 9.17) is 5.11 Å². The van der Waals surface area contributed by atoms with Gasteiger partial charge >= 0.3 is 5.97 Å². The van der Waals surface area contributed by atoms with Gasteiger partial charge < -0.3 is 14.6 Å². The quantitative estimate of drug-likeness (QED) is 0.939. The van der Waals surface area contributed by atoms with Crippen molar-refractivity contribution in [1.82, 2.24) is 14.5 Å². The van der Waals surface area contributed by atoms with Gasteiger partial charge in [-0.25, -0.2) is 9.78 Å². The number of fused-ring (bicyclic) bond motifs is 1. The molecule has 0 amide bonds. The second-order valence-electron chi connectivity index (χ2n) is 6.21. The maximum atomic E-state index is 11.0. The first-order valence-corrected chi connectivity index (χ1v) is 7.37. The molecule has 1 aromatic carbocycles. The van der Waals surface area contributed by atoms with Crippen molar-refractivity contribution in [3.8, 4) is 0 Å². The summed E-state index contributed by atoms with van der Waals surface area (Å²) in [5.41, 5.74) is 2.24. The van der Waals surface area contributed by atoms with E-state index in [0.717, 1.165) is 17.6 Å². The van der Waals surface area contributed by atoms with Crippen molar-refractivity contribution in [2.45, 2.75) is 37.8 Å². The number of imidazole rings is 1. The minimum Gasteiger partial charge on any atom is -0.478 e. The molecule has 5 heteroatoms. The number of hydrogen-bond donors (Lipinski definition) is 1. The number of likely N-dealkylation sites (N-methyl/N-ethyl adjacent to an activating group) is 1. The number of benzene rings is 1. The molecule has 1 heterocycles. The summed E-state index contributed by atoms with van der Waals surface area (Å²) in [7, 11) is 4.29. The van der Waals surface area contributed by atoms with Crippen LogP contribution in [-0.2, 0) is 6.54 Å². The van der Waals surface area contributed by atoms with E-state index in [-0.39, 0.29) is 11.1 Å². The second-order valence-corrected chi connectivity index (χ2v) is 6.21. The van der Waals surface area contributed by atoms with Gasteiger partial charge in [0.1, 0.15) is 0 Å². The van der Waals surface area contributed by atoms with Gasteiger partial charge in [0.2, 0.25) is 0 Å². The molecular weight excluding hydrogens is 266 g/mol. The maximum absolute atomic E-state index is 11.0. The molecular formula is C16H21N3O2. The smallest absolute Gasteiger partial charge is 0.335 e. The standard InChI is InChI=1S/C16H21N3O2/c1-18(2)16(7-3-4-8-16)10-19-11-17-13-9-12(15(20)21)5-6-14(13)19/h5-6,9,11H,3-4,7-8,10H2,1-2H3,(H,20,21). The van der Waals surface area contributed by atoms with Crippen LogP contribution < -0.4 is 0 Å². The highest BCUT2D eigenvalue weighted by Gasteiger charge is 2.36. The first kappa shape index (κ1) is 14.1. The number of carbonyl (C=O) groups is 1. The third-order valence-corrected chi connectivity index (χ3v) is 4.82. The van der Waals surface area contributed by atoms with Gasteiger partial charge in [-0.1, -0.05) is 12.8 Å². The molecule has 1 saturated carbocycles. The molecule has 1 N–H and O–H groups in total. The molecule has 0 aliphatic heterocycles. The molecule has 21 heavy (non-hydrogen) atoms. The molecule has 1 aromatic heterocycles. The van der Waals surface area contributed by atoms with Gasteiger partial charge in [0.25, 0.3) is 0 Å². The van der Waals surface area contributed by atoms with Gasteiger partial charge in [-0.05, 0) is 45.1 Å². The van der Waals surface area contributed by atoms with Gasteiger partial charge in [0, 0.05) is 12.1 Å². The molecule has 1 fully saturated rings. The van der Waals surface area contributed by atoms with E-state index in [2.05, 4.69) is 28.5 Å². The van der Waals surface area contributed by atoms with Crippen LogP contribution in [0.2, 0.25) is 0 Å². The van der Waals surface area contributed by atoms with Crippen molar-refractivity contribution in [3.63, 3.8) is 0 Å². The fraction of sp³-hybridized carbons (Fsp3) is 0.500. The van der Waals surface area contributed by atoms with E-state index in [0.29, 0.717) is 0 Å². The Balaban J connectivity index is 1.96. The molecule has 0 spiro atoms. The first-order valence-electron chi connectivity index (χ1n) is 7.37. The number of aromatic carboxylic acids is 1. The number of nitrogens with zero attached hydrogens (tertiary/aromatic N) is 3. The lowest BCUT2D eigenvalue weighted by Crippen LogP contribution is -2.45. The lowest BCUT2D eigenvalue weighted by atomic mass is 9.96. The summed E-state index contributed by atoms with van der Waals surface area (Å²) in [5.74, 6) is -0.910. The molecule has 3 rings (SSSR count). The van der Waals surface area contributed by atoms with Crippen molar-refractivity contribution in [2.75, 3.05) is 14.1 Å². The Morgan fingerprint density at radius 2 is 2.10 bits per heavy atom. The van der Waals surface area contributed by atoms with Crippen LogP contribution >= 0.6 is 0 Å². The highest BCUT2D eigenvalue weighted by Crippen LogP contribution is 2.35. The molecule has 1 aliphatic carbocycles. The Hall–Kier alpha value is -1.88. The SMILES string of the molecule is CN(C)C1(Cn2cnc3cc(C(=O)O)ccc32)CCCC1. The van der Waals surface area contributed by atoms with E-state index < -0.39 is 5.97 Å². The molecule has 0 bridgehead atoms. The van der Waals surface area contributed by atoms with Crippen LogP contribution in [0.15, 0.2) is 24.5 Å². The van der Waals surface area contributed by atoms with Gasteiger partial charge in [0.15, 0.2) is 0 Å². The topological polar surface area (TPSA) is 58.4 Å². The summed E-state index contributed by atoms with van der Waals surface area (Å²) in [6, 6.07) is 5.16. The van der Waals surface area contributed by atoms with Crippen LogP contribution in [0.25, 0.3) is 11.0 Å². The minimum atomic E-state index is -0.910. The van der Waals surface area contributed by atoms with E-state index in [1.165, 1.54) is 25.7 Å². The van der Waals surface area contributed by atoms with Crippen LogP contribution in [0.4, 0.5) is 0 Å². The van der Waals surface area contributed by atoms with Crippen LogP contribution in [0.5, 0.6) is 0 Å². The molecule has 0 atom stereocenters. The number of hydrogen-bond acceptors (Lipinski definition) is 3. The zero-order chi connectivity index (χ0) is 15.0. The molecule has 1 aliphatic rings. The Morgan fingerprint density at radius 1 is 1.38 bits per heavy atom. The summed E-state index contributed by atoms with van der Waals surface area (Å²) >= 11 is 0. The number of carboxylic acids is 1. The van der Waals surface area contributed by atoms with Crippen LogP contribution in [0.3, 0.4) is 0 Å². The van der Waals surface area contributed by atoms with Crippen molar-refractivity contribution < 1.29 is 9.90 Å². The largest absolute Gasteiger partial charge is 0.478 e. The van der Waals surface area contributed by atoms with Crippen molar-refractivity contribution in [2.24, 2.45) is 0 Å². The monoisotopic (exact) mass is 287 g/mol. The summed E-state index contributed by atoms with van der Waals surface area (Å²) in [5, 5.41) is 9.05. The highest BCUT2D eigenvalue weighted by molar-refractivity contribution is 5.92. The Kier molecular flexibility index (Phi) is 3.45. The van der Waals surface area contributed by atoms with Gasteiger partial charge in [-0.3, -0.25) is 0 Å². The average molecular weight is 287 g/mol. The third-order valence-electron chi connectivity index (χ3n) is 4.82. The van der Waals surface area contributed by atoms with Gasteiger partial charge in [-0.2, -0.15) is 0 Å². The normalized spacial score (nSPS) is 17.7. The molecule has 0 unspecified atom stereocenters. The zero-order valence-electron chi connectivity index (χ0n) is 12.5. The summed E-state index contributed by atoms with van der Waals surface area (Å²) < 4.78 is 2.16. The average Bonchev–Trinajstić information content (AvgIpc) is 3.07. The van der Waals surface area contributed by atoms with E-state index >= 15 is 0 Å². The number of aromatic nitrogens is 2. The summed E-state index contributed by atoms with van der Waals surface area (Å²) in [6.45, 7) is 0.906. The predicted octanol–water partition coefficient (Wildman–Crippen LogP) is 2.61. The van der Waals surface area contributed by atoms with Crippen molar-refractivity contribution in [1.29, 1.82) is 0 Å². The van der Waals surface area contributed by atoms with Crippen molar-refractivity contribution in [3.05, 3.63) is 30.1 Å². The summed E-state index contributed by atoms with van der Waals surface area (Å²) in [4.78, 5) is 17.7. The fourth-order valence-electron chi connectivity index (χ4n) is 3.42. The highest BCUT2D eigenvalue weighted by atomic mass is 16.4. The number of rotatable bonds is 4. The number of carboxylic acid groups (broad SMARTS) is 1. The summed E-state index contributed by atoms with van der Waals surface area (Å²) in [6.07, 6.45) is 6.78. The molecule has 112 valence electrons. The second kappa shape index (κ2) is 5.15. The lowest BCUT2D eigenvalue weighted by molar-refractivity contribution is 0.0697. The first-order chi connectivity index (χ1) is 10.0. The maximum Gasteiger partial charge on any atom is 0.335 e. The molecule has 0 radical (unpaired) electrons. The van der Waals surface area contributed by atoms with Crippen LogP contribution in [-0.4, -0.2) is 45.2 Å². The van der Waals surface area contributed by atoms with Gasteiger partial charge in [0.05, 0.1) is 22.9 Å². The van der Waals surface area contributed by atoms with Crippen molar-refractivity contribution >= 4 is 17.0 Å². The molecule has 2 aromatic rings. The van der Waals surface area contributed by atoms with Crippen LogP contribution in [0.1, 0.15) is 36.0 Å². The minimum absolute atomic E-state index is 0.194. The van der Waals surface area contributed by atoms with E-state index in [1.807, 2.05) is 12.4 Å². The lowest BCUT2D eigenvalue weighted by Gasteiger charge is -2.36. The Labute approximate surface area is 124 Å². The fourth-order valence-corrected chi connectivity index (χ4v) is 3.42. The van der Waals surface area contributed by atoms with Crippen LogP contribution in [0, 0.1) is 0 Å². The van der Waals surface area contributed by atoms with E-state index in [9.17, 15) is 4.79 Å². The Morgan fingerprint density at radius 3 is 2.71 bits per heavy atom. The predicted molar refractivity (Wildman–Crippen MR) is 81.6 cm³/mol. The molecule has 0 saturated heterocycles.